The van der Waals surface area contributed by atoms with Crippen molar-refractivity contribution in [3.05, 3.63) is 77.6 Å². The van der Waals surface area contributed by atoms with E-state index in [1.54, 1.807) is 0 Å². The summed E-state index contributed by atoms with van der Waals surface area (Å²) in [6, 6.07) is 19.0. The Morgan fingerprint density at radius 3 is 2.30 bits per heavy atom. The lowest BCUT2D eigenvalue weighted by Crippen LogP contribution is -2.14. The Labute approximate surface area is 133 Å². The van der Waals surface area contributed by atoms with Gasteiger partial charge in [-0.2, -0.15) is 0 Å². The normalized spacial score (nSPS) is 10.6. The first-order valence-corrected chi connectivity index (χ1v) is 7.27. The Kier molecular flexibility index (Phi) is 4.49. The fourth-order valence-electron chi connectivity index (χ4n) is 2.37. The highest BCUT2D eigenvalue weighted by Gasteiger charge is 2.23. The highest BCUT2D eigenvalue weighted by Crippen LogP contribution is 2.25. The molecule has 1 aromatic heterocycles. The summed E-state index contributed by atoms with van der Waals surface area (Å²) in [4.78, 5) is 11.6. The van der Waals surface area contributed by atoms with Crippen LogP contribution >= 0.6 is 0 Å². The third kappa shape index (κ3) is 3.46. The molecule has 0 spiro atoms. The fraction of sp³-hybridized carbons (Fsp3) is 0.111. The number of carboxylic acid groups (broad SMARTS) is 1. The molecule has 0 fully saturated rings. The molecule has 23 heavy (non-hydrogen) atoms. The van der Waals surface area contributed by atoms with Gasteiger partial charge in [-0.15, -0.1) is 0 Å². The van der Waals surface area contributed by atoms with Gasteiger partial charge in [0.15, 0.2) is 5.76 Å². The van der Waals surface area contributed by atoms with Crippen LogP contribution in [0.25, 0.3) is 11.3 Å². The summed E-state index contributed by atoms with van der Waals surface area (Å²) >= 11 is 0. The smallest absolute Gasteiger partial charge is 0.341 e. The van der Waals surface area contributed by atoms with Crippen LogP contribution in [0.15, 0.2) is 65.2 Å². The molecule has 2 aromatic carbocycles. The Morgan fingerprint density at radius 1 is 1.00 bits per heavy atom. The van der Waals surface area contributed by atoms with Gasteiger partial charge in [0.1, 0.15) is 11.3 Å². The lowest BCUT2D eigenvalue weighted by Gasteiger charge is -2.03. The maximum absolute atomic E-state index is 11.6. The van der Waals surface area contributed by atoms with Gasteiger partial charge in [0.2, 0.25) is 0 Å². The highest BCUT2D eigenvalue weighted by molar-refractivity contribution is 5.95. The zero-order valence-electron chi connectivity index (χ0n) is 12.4. The molecule has 0 amide bonds. The van der Waals surface area contributed by atoms with E-state index >= 15 is 0 Å². The first-order chi connectivity index (χ1) is 11.3. The van der Waals surface area contributed by atoms with Crippen LogP contribution in [0, 0.1) is 0 Å². The summed E-state index contributed by atoms with van der Waals surface area (Å²) in [5.41, 5.74) is 2.31. The van der Waals surface area contributed by atoms with Gasteiger partial charge in [-0.05, 0) is 5.56 Å². The van der Waals surface area contributed by atoms with E-state index in [4.69, 9.17) is 4.52 Å². The van der Waals surface area contributed by atoms with Crippen LogP contribution in [0.3, 0.4) is 0 Å². The molecule has 5 heteroatoms. The summed E-state index contributed by atoms with van der Waals surface area (Å²) in [7, 11) is 0. The summed E-state index contributed by atoms with van der Waals surface area (Å²) in [5, 5.41) is 16.6. The predicted octanol–water partition coefficient (Wildman–Crippen LogP) is 3.33. The standard InChI is InChI=1S/C18H16N2O3/c21-18(22)16-15(12-19-11-13-7-3-1-4-8-13)23-20-17(16)14-9-5-2-6-10-14/h1-10,19H,11-12H2,(H,21,22). The van der Waals surface area contributed by atoms with E-state index < -0.39 is 5.97 Å². The lowest BCUT2D eigenvalue weighted by molar-refractivity contribution is 0.0695. The number of hydrogen-bond acceptors (Lipinski definition) is 4. The van der Waals surface area contributed by atoms with Crippen molar-refractivity contribution in [2.24, 2.45) is 0 Å². The van der Waals surface area contributed by atoms with Crippen molar-refractivity contribution >= 4 is 5.97 Å². The fourth-order valence-corrected chi connectivity index (χ4v) is 2.37. The largest absolute Gasteiger partial charge is 0.477 e. The van der Waals surface area contributed by atoms with Crippen molar-refractivity contribution in [2.45, 2.75) is 13.1 Å². The van der Waals surface area contributed by atoms with E-state index in [1.165, 1.54) is 0 Å². The van der Waals surface area contributed by atoms with Gasteiger partial charge in [-0.3, -0.25) is 0 Å². The summed E-state index contributed by atoms with van der Waals surface area (Å²) < 4.78 is 5.26. The molecule has 1 heterocycles. The minimum atomic E-state index is -1.04. The van der Waals surface area contributed by atoms with Crippen molar-refractivity contribution in [1.29, 1.82) is 0 Å². The topological polar surface area (TPSA) is 75.4 Å². The van der Waals surface area contributed by atoms with Crippen molar-refractivity contribution in [2.75, 3.05) is 0 Å². The maximum Gasteiger partial charge on any atom is 0.341 e. The molecule has 0 bridgehead atoms. The number of aromatic nitrogens is 1. The minimum Gasteiger partial charge on any atom is -0.477 e. The van der Waals surface area contributed by atoms with E-state index in [0.29, 0.717) is 24.5 Å². The van der Waals surface area contributed by atoms with Crippen LogP contribution in [0.1, 0.15) is 21.7 Å². The molecule has 0 atom stereocenters. The third-order valence-corrected chi connectivity index (χ3v) is 3.48. The third-order valence-electron chi connectivity index (χ3n) is 3.48. The Balaban J connectivity index is 1.77. The molecule has 0 aliphatic rings. The number of carbonyl (C=O) groups is 1. The zero-order valence-corrected chi connectivity index (χ0v) is 12.4. The molecule has 3 aromatic rings. The molecule has 0 aliphatic heterocycles. The van der Waals surface area contributed by atoms with Crippen molar-refractivity contribution in [3.63, 3.8) is 0 Å². The van der Waals surface area contributed by atoms with Gasteiger partial charge in [0.05, 0.1) is 6.54 Å². The van der Waals surface area contributed by atoms with E-state index in [9.17, 15) is 9.90 Å². The molecular formula is C18H16N2O3. The Hall–Kier alpha value is -2.92. The van der Waals surface area contributed by atoms with Crippen molar-refractivity contribution < 1.29 is 14.4 Å². The molecule has 3 rings (SSSR count). The van der Waals surface area contributed by atoms with Crippen LogP contribution < -0.4 is 5.32 Å². The van der Waals surface area contributed by atoms with Crippen LogP contribution in [0.5, 0.6) is 0 Å². The Bertz CT molecular complexity index is 783. The molecule has 0 unspecified atom stereocenters. The van der Waals surface area contributed by atoms with E-state index in [1.807, 2.05) is 60.7 Å². The van der Waals surface area contributed by atoms with Crippen molar-refractivity contribution in [1.82, 2.24) is 10.5 Å². The van der Waals surface area contributed by atoms with Gasteiger partial charge in [-0.1, -0.05) is 65.8 Å². The van der Waals surface area contributed by atoms with Gasteiger partial charge >= 0.3 is 5.97 Å². The average Bonchev–Trinajstić information content (AvgIpc) is 3.01. The van der Waals surface area contributed by atoms with Crippen molar-refractivity contribution in [3.8, 4) is 11.3 Å². The SMILES string of the molecule is O=C(O)c1c(-c2ccccc2)noc1CNCc1ccccc1. The van der Waals surface area contributed by atoms with Gasteiger partial charge in [0.25, 0.3) is 0 Å². The monoisotopic (exact) mass is 308 g/mol. The second kappa shape index (κ2) is 6.89. The predicted molar refractivity (Wildman–Crippen MR) is 85.9 cm³/mol. The average molecular weight is 308 g/mol. The van der Waals surface area contributed by atoms with Crippen LogP contribution in [-0.4, -0.2) is 16.2 Å². The number of hydrogen-bond donors (Lipinski definition) is 2. The van der Waals surface area contributed by atoms with Gasteiger partial charge < -0.3 is 14.9 Å². The van der Waals surface area contributed by atoms with Gasteiger partial charge in [-0.25, -0.2) is 4.79 Å². The second-order valence-corrected chi connectivity index (χ2v) is 5.09. The maximum atomic E-state index is 11.6. The van der Waals surface area contributed by atoms with Crippen LogP contribution in [0.2, 0.25) is 0 Å². The summed E-state index contributed by atoms with van der Waals surface area (Å²) in [5.74, 6) is -0.714. The molecule has 0 saturated carbocycles. The first kappa shape index (κ1) is 15.0. The number of carboxylic acids is 1. The van der Waals surface area contributed by atoms with E-state index in [2.05, 4.69) is 10.5 Å². The summed E-state index contributed by atoms with van der Waals surface area (Å²) in [6.07, 6.45) is 0. The molecule has 5 nitrogen and oxygen atoms in total. The second-order valence-electron chi connectivity index (χ2n) is 5.09. The highest BCUT2D eigenvalue weighted by atomic mass is 16.5. The molecule has 0 radical (unpaired) electrons. The quantitative estimate of drug-likeness (QED) is 0.730. The first-order valence-electron chi connectivity index (χ1n) is 7.27. The van der Waals surface area contributed by atoms with E-state index in [-0.39, 0.29) is 5.56 Å². The molecule has 2 N–H and O–H groups in total. The summed E-state index contributed by atoms with van der Waals surface area (Å²) in [6.45, 7) is 0.928. The van der Waals surface area contributed by atoms with Crippen LogP contribution in [-0.2, 0) is 13.1 Å². The lowest BCUT2D eigenvalue weighted by atomic mass is 10.1. The molecule has 116 valence electrons. The number of nitrogens with one attached hydrogen (secondary N) is 1. The number of aromatic carboxylic acids is 1. The number of benzene rings is 2. The van der Waals surface area contributed by atoms with Crippen LogP contribution in [0.4, 0.5) is 0 Å². The van der Waals surface area contributed by atoms with Gasteiger partial charge in [0, 0.05) is 12.1 Å². The molecule has 0 saturated heterocycles. The zero-order chi connectivity index (χ0) is 16.1. The number of nitrogens with zero attached hydrogens (tertiary/aromatic N) is 1. The minimum absolute atomic E-state index is 0.108. The Morgan fingerprint density at radius 2 is 1.65 bits per heavy atom. The van der Waals surface area contributed by atoms with E-state index in [0.717, 1.165) is 11.1 Å². The molecular weight excluding hydrogens is 292 g/mol. The number of rotatable bonds is 6. The molecule has 0 aliphatic carbocycles.